The molecule has 0 spiro atoms. The molecular weight excluding hydrogens is 338 g/mol. The van der Waals surface area contributed by atoms with E-state index in [0.717, 1.165) is 30.7 Å². The van der Waals surface area contributed by atoms with Crippen LogP contribution in [0.5, 0.6) is 0 Å². The molecule has 2 fully saturated rings. The van der Waals surface area contributed by atoms with Crippen LogP contribution in [0, 0.1) is 12.3 Å². The van der Waals surface area contributed by atoms with Crippen molar-refractivity contribution in [3.05, 3.63) is 47.1 Å². The molecule has 0 bridgehead atoms. The van der Waals surface area contributed by atoms with Gasteiger partial charge in [0, 0.05) is 12.5 Å². The number of carbonyl (C=O) groups excluding carboxylic acids is 1. The molecule has 1 amide bonds. The number of likely N-dealkylation sites (N-methyl/N-ethyl adjacent to an activating group) is 1. The molecule has 1 heterocycles. The lowest BCUT2D eigenvalue weighted by molar-refractivity contribution is -0.135. The summed E-state index contributed by atoms with van der Waals surface area (Å²) in [5.41, 5.74) is 1.84. The van der Waals surface area contributed by atoms with E-state index in [-0.39, 0.29) is 11.3 Å². The van der Waals surface area contributed by atoms with Gasteiger partial charge in [-0.25, -0.2) is 0 Å². The van der Waals surface area contributed by atoms with Crippen LogP contribution in [0.15, 0.2) is 28.8 Å². The fraction of sp³-hybridized carbons (Fsp3) is 0.591. The first-order valence-corrected chi connectivity index (χ1v) is 10.1. The fourth-order valence-electron chi connectivity index (χ4n) is 4.36. The van der Waals surface area contributed by atoms with Crippen LogP contribution in [0.4, 0.5) is 0 Å². The maximum absolute atomic E-state index is 13.6. The lowest BCUT2D eigenvalue weighted by Crippen LogP contribution is -2.41. The minimum atomic E-state index is -0.447. The summed E-state index contributed by atoms with van der Waals surface area (Å²) < 4.78 is 5.43. The maximum Gasteiger partial charge on any atom is 0.234 e. The van der Waals surface area contributed by atoms with Crippen LogP contribution >= 0.6 is 0 Å². The SMILES string of the molecule is CCN(Cc1noc(C2CCC2)n1)C(=O)[C@@]1(c2ccc(C)cc2)CC1(C)C. The van der Waals surface area contributed by atoms with Gasteiger partial charge in [0.05, 0.1) is 12.0 Å². The van der Waals surface area contributed by atoms with E-state index in [4.69, 9.17) is 4.52 Å². The lowest BCUT2D eigenvalue weighted by atomic mass is 9.85. The van der Waals surface area contributed by atoms with Crippen LogP contribution in [0.3, 0.4) is 0 Å². The van der Waals surface area contributed by atoms with E-state index in [2.05, 4.69) is 55.2 Å². The first-order valence-electron chi connectivity index (χ1n) is 10.1. The van der Waals surface area contributed by atoms with Gasteiger partial charge in [0.2, 0.25) is 11.8 Å². The minimum absolute atomic E-state index is 0.0406. The third-order valence-electron chi connectivity index (χ3n) is 6.59. The minimum Gasteiger partial charge on any atom is -0.339 e. The molecule has 0 saturated heterocycles. The number of aryl methyl sites for hydroxylation is 1. The van der Waals surface area contributed by atoms with Gasteiger partial charge in [-0.15, -0.1) is 0 Å². The number of hydrogen-bond donors (Lipinski definition) is 0. The van der Waals surface area contributed by atoms with Gasteiger partial charge in [-0.05, 0) is 44.1 Å². The quantitative estimate of drug-likeness (QED) is 0.761. The van der Waals surface area contributed by atoms with Gasteiger partial charge < -0.3 is 9.42 Å². The zero-order valence-corrected chi connectivity index (χ0v) is 16.8. The van der Waals surface area contributed by atoms with E-state index >= 15 is 0 Å². The average Bonchev–Trinajstić information content (AvgIpc) is 2.94. The molecule has 5 heteroatoms. The highest BCUT2D eigenvalue weighted by atomic mass is 16.5. The van der Waals surface area contributed by atoms with Crippen molar-refractivity contribution < 1.29 is 9.32 Å². The van der Waals surface area contributed by atoms with Crippen molar-refractivity contribution in [2.45, 2.75) is 71.3 Å². The van der Waals surface area contributed by atoms with E-state index in [0.29, 0.717) is 24.8 Å². The van der Waals surface area contributed by atoms with Crippen molar-refractivity contribution in [3.63, 3.8) is 0 Å². The molecule has 2 aromatic rings. The average molecular weight is 367 g/mol. The van der Waals surface area contributed by atoms with Crippen molar-refractivity contribution in [1.82, 2.24) is 15.0 Å². The number of benzene rings is 1. The van der Waals surface area contributed by atoms with Crippen LogP contribution in [0.2, 0.25) is 0 Å². The molecular formula is C22H29N3O2. The molecule has 1 atom stereocenters. The summed E-state index contributed by atoms with van der Waals surface area (Å²) in [6, 6.07) is 8.41. The summed E-state index contributed by atoms with van der Waals surface area (Å²) in [4.78, 5) is 20.0. The zero-order valence-electron chi connectivity index (χ0n) is 16.8. The molecule has 0 aliphatic heterocycles. The van der Waals surface area contributed by atoms with Crippen molar-refractivity contribution in [2.75, 3.05) is 6.54 Å². The van der Waals surface area contributed by atoms with Crippen molar-refractivity contribution in [1.29, 1.82) is 0 Å². The van der Waals surface area contributed by atoms with Gasteiger partial charge in [0.25, 0.3) is 0 Å². The van der Waals surface area contributed by atoms with E-state index in [9.17, 15) is 4.79 Å². The highest BCUT2D eigenvalue weighted by Crippen LogP contribution is 2.65. The molecule has 4 rings (SSSR count). The topological polar surface area (TPSA) is 59.2 Å². The normalized spacial score (nSPS) is 23.7. The second kappa shape index (κ2) is 6.47. The number of aromatic nitrogens is 2. The van der Waals surface area contributed by atoms with Crippen molar-refractivity contribution in [2.24, 2.45) is 5.41 Å². The number of amides is 1. The first-order chi connectivity index (χ1) is 12.9. The van der Waals surface area contributed by atoms with Crippen LogP contribution in [-0.4, -0.2) is 27.5 Å². The van der Waals surface area contributed by atoms with Gasteiger partial charge in [0.15, 0.2) is 5.82 Å². The summed E-state index contributed by atoms with van der Waals surface area (Å²) in [7, 11) is 0. The van der Waals surface area contributed by atoms with Gasteiger partial charge in [0.1, 0.15) is 0 Å². The molecule has 2 saturated carbocycles. The molecule has 2 aliphatic rings. The molecule has 5 nitrogen and oxygen atoms in total. The van der Waals surface area contributed by atoms with E-state index in [1.165, 1.54) is 12.0 Å². The number of carbonyl (C=O) groups is 1. The third-order valence-corrected chi connectivity index (χ3v) is 6.59. The Balaban J connectivity index is 1.56. The zero-order chi connectivity index (χ0) is 19.2. The van der Waals surface area contributed by atoms with Crippen LogP contribution < -0.4 is 0 Å². The Morgan fingerprint density at radius 2 is 1.93 bits per heavy atom. The molecule has 2 aliphatic carbocycles. The van der Waals surface area contributed by atoms with Crippen LogP contribution in [0.25, 0.3) is 0 Å². The third kappa shape index (κ3) is 2.97. The highest BCUT2D eigenvalue weighted by molar-refractivity contribution is 5.93. The highest BCUT2D eigenvalue weighted by Gasteiger charge is 2.67. The molecule has 0 unspecified atom stereocenters. The van der Waals surface area contributed by atoms with Crippen molar-refractivity contribution in [3.8, 4) is 0 Å². The van der Waals surface area contributed by atoms with Crippen LogP contribution in [-0.2, 0) is 16.8 Å². The second-order valence-corrected chi connectivity index (χ2v) is 8.83. The summed E-state index contributed by atoms with van der Waals surface area (Å²) in [5.74, 6) is 1.94. The van der Waals surface area contributed by atoms with Crippen LogP contribution in [0.1, 0.15) is 75.2 Å². The molecule has 0 N–H and O–H groups in total. The lowest BCUT2D eigenvalue weighted by Gasteiger charge is -2.28. The summed E-state index contributed by atoms with van der Waals surface area (Å²) in [5, 5.41) is 4.13. The Hall–Kier alpha value is -2.17. The Morgan fingerprint density at radius 1 is 1.26 bits per heavy atom. The Kier molecular flexibility index (Phi) is 4.36. The van der Waals surface area contributed by atoms with Crippen molar-refractivity contribution >= 4 is 5.91 Å². The maximum atomic E-state index is 13.6. The number of rotatable bonds is 6. The predicted molar refractivity (Wildman–Crippen MR) is 103 cm³/mol. The standard InChI is InChI=1S/C22H29N3O2/c1-5-25(13-18-23-19(27-24-18)16-7-6-8-16)20(26)22(14-21(22,3)4)17-11-9-15(2)10-12-17/h9-12,16H,5-8,13-14H2,1-4H3/t22-/m0/s1. The Bertz CT molecular complexity index is 835. The molecule has 1 aromatic carbocycles. The smallest absolute Gasteiger partial charge is 0.234 e. The molecule has 27 heavy (non-hydrogen) atoms. The predicted octanol–water partition coefficient (Wildman–Crippen LogP) is 4.36. The Labute approximate surface area is 161 Å². The van der Waals surface area contributed by atoms with E-state index in [1.807, 2.05) is 11.8 Å². The summed E-state index contributed by atoms with van der Waals surface area (Å²) in [6.45, 7) is 9.50. The molecule has 144 valence electrons. The van der Waals surface area contributed by atoms with Gasteiger partial charge in [-0.2, -0.15) is 4.98 Å². The monoisotopic (exact) mass is 367 g/mol. The van der Waals surface area contributed by atoms with Gasteiger partial charge in [-0.1, -0.05) is 55.3 Å². The number of hydrogen-bond acceptors (Lipinski definition) is 4. The largest absolute Gasteiger partial charge is 0.339 e. The first kappa shape index (κ1) is 18.2. The second-order valence-electron chi connectivity index (χ2n) is 8.83. The van der Waals surface area contributed by atoms with Gasteiger partial charge in [-0.3, -0.25) is 4.79 Å². The molecule has 1 aromatic heterocycles. The summed E-state index contributed by atoms with van der Waals surface area (Å²) >= 11 is 0. The van der Waals surface area contributed by atoms with Gasteiger partial charge >= 0.3 is 0 Å². The summed E-state index contributed by atoms with van der Waals surface area (Å²) in [6.07, 6.45) is 4.36. The van der Waals surface area contributed by atoms with E-state index < -0.39 is 5.41 Å². The Morgan fingerprint density at radius 3 is 2.44 bits per heavy atom. The molecule has 0 radical (unpaired) electrons. The number of nitrogens with zero attached hydrogens (tertiary/aromatic N) is 3. The van der Waals surface area contributed by atoms with E-state index in [1.54, 1.807) is 0 Å². The fourth-order valence-corrected chi connectivity index (χ4v) is 4.36.